The lowest BCUT2D eigenvalue weighted by Crippen LogP contribution is -2.21. The summed E-state index contributed by atoms with van der Waals surface area (Å²) in [7, 11) is 0. The van der Waals surface area contributed by atoms with Gasteiger partial charge in [0.2, 0.25) is 0 Å². The maximum atomic E-state index is 10.3. The van der Waals surface area contributed by atoms with E-state index in [1.54, 1.807) is 5.94 Å². The Morgan fingerprint density at radius 3 is 2.67 bits per heavy atom. The average Bonchev–Trinajstić information content (AvgIpc) is 2.42. The molecule has 0 aromatic carbocycles. The zero-order chi connectivity index (χ0) is 11.3. The van der Waals surface area contributed by atoms with Gasteiger partial charge in [0, 0.05) is 6.08 Å². The third-order valence-corrected chi connectivity index (χ3v) is 2.55. The third kappa shape index (κ3) is 3.78. The summed E-state index contributed by atoms with van der Waals surface area (Å²) in [6.07, 6.45) is 5.64. The quantitative estimate of drug-likeness (QED) is 0.519. The second-order valence-corrected chi connectivity index (χ2v) is 4.42. The van der Waals surface area contributed by atoms with Crippen molar-refractivity contribution in [3.05, 3.63) is 6.08 Å². The van der Waals surface area contributed by atoms with Gasteiger partial charge in [-0.2, -0.15) is 0 Å². The first-order chi connectivity index (χ1) is 7.09. The highest BCUT2D eigenvalue weighted by molar-refractivity contribution is 5.46. The summed E-state index contributed by atoms with van der Waals surface area (Å²) in [6.45, 7) is 5.91. The van der Waals surface area contributed by atoms with Gasteiger partial charge in [-0.15, -0.1) is 0 Å². The van der Waals surface area contributed by atoms with Crippen LogP contribution in [0.3, 0.4) is 0 Å². The van der Waals surface area contributed by atoms with E-state index >= 15 is 0 Å². The smallest absolute Gasteiger partial charge is 0.164 e. The lowest BCUT2D eigenvalue weighted by Gasteiger charge is -2.16. The van der Waals surface area contributed by atoms with Crippen molar-refractivity contribution in [2.45, 2.75) is 64.4 Å². The van der Waals surface area contributed by atoms with E-state index in [9.17, 15) is 4.79 Å². The van der Waals surface area contributed by atoms with Crippen LogP contribution in [0.25, 0.3) is 0 Å². The van der Waals surface area contributed by atoms with E-state index < -0.39 is 5.79 Å². The second kappa shape index (κ2) is 5.45. The average molecular weight is 212 g/mol. The number of ether oxygens (including phenoxy) is 2. The van der Waals surface area contributed by atoms with Crippen LogP contribution in [0.5, 0.6) is 0 Å². The van der Waals surface area contributed by atoms with Crippen LogP contribution in [-0.2, 0) is 14.3 Å². The Morgan fingerprint density at radius 1 is 1.33 bits per heavy atom. The summed E-state index contributed by atoms with van der Waals surface area (Å²) in [4.78, 5) is 10.3. The molecule has 3 nitrogen and oxygen atoms in total. The van der Waals surface area contributed by atoms with E-state index in [-0.39, 0.29) is 12.2 Å². The molecule has 0 aromatic heterocycles. The summed E-state index contributed by atoms with van der Waals surface area (Å²) in [6, 6.07) is 0. The Kier molecular flexibility index (Phi) is 4.52. The fourth-order valence-electron chi connectivity index (χ4n) is 1.89. The van der Waals surface area contributed by atoms with Gasteiger partial charge in [0.15, 0.2) is 5.79 Å². The highest BCUT2D eigenvalue weighted by Crippen LogP contribution is 2.31. The summed E-state index contributed by atoms with van der Waals surface area (Å²) in [5.74, 6) is 1.21. The molecule has 2 atom stereocenters. The first-order valence-electron chi connectivity index (χ1n) is 5.65. The lowest BCUT2D eigenvalue weighted by molar-refractivity contribution is -0.143. The van der Waals surface area contributed by atoms with Crippen LogP contribution >= 0.6 is 0 Å². The molecule has 1 fully saturated rings. The predicted octanol–water partition coefficient (Wildman–Crippen LogP) is 2.47. The third-order valence-electron chi connectivity index (χ3n) is 2.55. The molecular formula is C12H20O3. The van der Waals surface area contributed by atoms with Crippen molar-refractivity contribution in [1.29, 1.82) is 0 Å². The van der Waals surface area contributed by atoms with E-state index in [1.807, 2.05) is 13.8 Å². The molecule has 0 saturated carbocycles. The zero-order valence-corrected chi connectivity index (χ0v) is 9.79. The Balaban J connectivity index is 2.49. The molecule has 0 aliphatic carbocycles. The van der Waals surface area contributed by atoms with Crippen molar-refractivity contribution in [2.24, 2.45) is 0 Å². The van der Waals surface area contributed by atoms with Crippen molar-refractivity contribution in [3.63, 3.8) is 0 Å². The number of unbranched alkanes of at least 4 members (excludes halogenated alkanes) is 2. The first-order valence-corrected chi connectivity index (χ1v) is 5.65. The summed E-state index contributed by atoms with van der Waals surface area (Å²) < 4.78 is 11.3. The van der Waals surface area contributed by atoms with Crippen molar-refractivity contribution < 1.29 is 14.3 Å². The molecule has 0 N–H and O–H groups in total. The van der Waals surface area contributed by atoms with Gasteiger partial charge < -0.3 is 9.47 Å². The van der Waals surface area contributed by atoms with Gasteiger partial charge in [-0.05, 0) is 20.3 Å². The Bertz CT molecular complexity index is 241. The van der Waals surface area contributed by atoms with Gasteiger partial charge in [0.1, 0.15) is 12.0 Å². The van der Waals surface area contributed by atoms with Gasteiger partial charge in [-0.3, -0.25) is 0 Å². The van der Waals surface area contributed by atoms with Crippen LogP contribution in [0.2, 0.25) is 0 Å². The van der Waals surface area contributed by atoms with Crippen LogP contribution in [-0.4, -0.2) is 23.9 Å². The molecule has 1 aliphatic rings. The lowest BCUT2D eigenvalue weighted by atomic mass is 10.1. The highest BCUT2D eigenvalue weighted by Gasteiger charge is 2.39. The fraction of sp³-hybridized carbons (Fsp3) is 0.833. The number of carbonyl (C=O) groups excluding carboxylic acids is 1. The maximum Gasteiger partial charge on any atom is 0.164 e. The molecule has 0 amide bonds. The molecule has 0 bridgehead atoms. The minimum absolute atomic E-state index is 0.00741. The molecule has 1 heterocycles. The molecule has 15 heavy (non-hydrogen) atoms. The van der Waals surface area contributed by atoms with Crippen molar-refractivity contribution in [3.8, 4) is 0 Å². The second-order valence-electron chi connectivity index (χ2n) is 4.42. The molecular weight excluding hydrogens is 192 g/mol. The van der Waals surface area contributed by atoms with Crippen LogP contribution in [0, 0.1) is 0 Å². The number of rotatable bonds is 5. The van der Waals surface area contributed by atoms with E-state index in [4.69, 9.17) is 9.47 Å². The Morgan fingerprint density at radius 2 is 2.07 bits per heavy atom. The molecule has 0 spiro atoms. The molecule has 1 rings (SSSR count). The van der Waals surface area contributed by atoms with Crippen LogP contribution < -0.4 is 0 Å². The Labute approximate surface area is 91.4 Å². The van der Waals surface area contributed by atoms with Gasteiger partial charge in [0.05, 0.1) is 6.10 Å². The predicted molar refractivity (Wildman–Crippen MR) is 58.2 cm³/mol. The highest BCUT2D eigenvalue weighted by atomic mass is 16.7. The topological polar surface area (TPSA) is 35.5 Å². The van der Waals surface area contributed by atoms with E-state index in [0.29, 0.717) is 0 Å². The first kappa shape index (κ1) is 12.4. The standard InChI is InChI=1S/C12H20O3/c1-4-5-6-7-10-11(8-9-13)15-12(2,3)14-10/h8,10-11H,4-7H2,1-3H3. The summed E-state index contributed by atoms with van der Waals surface area (Å²) in [5.41, 5.74) is 0. The molecule has 86 valence electrons. The normalized spacial score (nSPS) is 28.7. The fourth-order valence-corrected chi connectivity index (χ4v) is 1.89. The minimum Gasteiger partial charge on any atom is -0.344 e. The van der Waals surface area contributed by atoms with E-state index in [2.05, 4.69) is 6.92 Å². The molecule has 0 aromatic rings. The molecule has 1 saturated heterocycles. The zero-order valence-electron chi connectivity index (χ0n) is 9.79. The van der Waals surface area contributed by atoms with Crippen molar-refractivity contribution in [2.75, 3.05) is 0 Å². The van der Waals surface area contributed by atoms with Crippen LogP contribution in [0.1, 0.15) is 46.5 Å². The summed E-state index contributed by atoms with van der Waals surface area (Å²) in [5, 5.41) is 0. The summed E-state index contributed by atoms with van der Waals surface area (Å²) >= 11 is 0. The SMILES string of the molecule is CCCCCC1OC(C)(C)OC1C=C=O. The molecule has 1 aliphatic heterocycles. The van der Waals surface area contributed by atoms with Crippen LogP contribution in [0.15, 0.2) is 6.08 Å². The maximum absolute atomic E-state index is 10.3. The van der Waals surface area contributed by atoms with Crippen LogP contribution in [0.4, 0.5) is 0 Å². The monoisotopic (exact) mass is 212 g/mol. The van der Waals surface area contributed by atoms with E-state index in [0.717, 1.165) is 12.8 Å². The largest absolute Gasteiger partial charge is 0.344 e. The van der Waals surface area contributed by atoms with Crippen molar-refractivity contribution in [1.82, 2.24) is 0 Å². The van der Waals surface area contributed by atoms with Gasteiger partial charge in [0.25, 0.3) is 0 Å². The number of hydrogen-bond donors (Lipinski definition) is 0. The van der Waals surface area contributed by atoms with Crippen molar-refractivity contribution >= 4 is 5.94 Å². The Hall–Kier alpha value is -0.630. The van der Waals surface area contributed by atoms with Gasteiger partial charge >= 0.3 is 0 Å². The molecule has 0 radical (unpaired) electrons. The van der Waals surface area contributed by atoms with Gasteiger partial charge in [-0.1, -0.05) is 26.2 Å². The molecule has 2 unspecified atom stereocenters. The molecule has 3 heteroatoms. The number of hydrogen-bond acceptors (Lipinski definition) is 3. The van der Waals surface area contributed by atoms with Gasteiger partial charge in [-0.25, -0.2) is 4.79 Å². The minimum atomic E-state index is -0.575. The van der Waals surface area contributed by atoms with E-state index in [1.165, 1.54) is 18.9 Å².